The van der Waals surface area contributed by atoms with E-state index in [4.69, 9.17) is 16.3 Å². The van der Waals surface area contributed by atoms with Gasteiger partial charge in [-0.15, -0.1) is 0 Å². The zero-order valence-electron chi connectivity index (χ0n) is 13.6. The Labute approximate surface area is 152 Å². The van der Waals surface area contributed by atoms with E-state index in [1.54, 1.807) is 42.8 Å². The zero-order chi connectivity index (χ0) is 18.0. The highest BCUT2D eigenvalue weighted by Gasteiger charge is 2.17. The number of imidazole rings is 1. The minimum absolute atomic E-state index is 0.0528. The van der Waals surface area contributed by atoms with Crippen molar-refractivity contribution < 1.29 is 9.53 Å². The lowest BCUT2D eigenvalue weighted by Crippen LogP contribution is -2.22. The van der Waals surface area contributed by atoms with Crippen molar-refractivity contribution in [1.29, 1.82) is 0 Å². The van der Waals surface area contributed by atoms with E-state index in [1.165, 1.54) is 10.9 Å². The number of ether oxygens (including phenoxy) is 1. The summed E-state index contributed by atoms with van der Waals surface area (Å²) in [6, 6.07) is 6.81. The van der Waals surface area contributed by atoms with E-state index >= 15 is 0 Å². The van der Waals surface area contributed by atoms with E-state index in [0.29, 0.717) is 28.1 Å². The molecule has 9 heteroatoms. The summed E-state index contributed by atoms with van der Waals surface area (Å²) in [6.07, 6.45) is 1.53. The Morgan fingerprint density at radius 3 is 2.72 bits per heavy atom. The highest BCUT2D eigenvalue weighted by atomic mass is 35.5. The van der Waals surface area contributed by atoms with Crippen LogP contribution in [0.1, 0.15) is 6.92 Å². The average molecular weight is 379 g/mol. The second-order valence-corrected chi connectivity index (χ2v) is 6.51. The van der Waals surface area contributed by atoms with Gasteiger partial charge in [-0.05, 0) is 31.2 Å². The molecule has 0 aliphatic rings. The quantitative estimate of drug-likeness (QED) is 0.385. The lowest BCUT2D eigenvalue weighted by atomic mass is 10.3. The molecule has 0 unspecified atom stereocenters. The number of rotatable bonds is 5. The van der Waals surface area contributed by atoms with Crippen LogP contribution in [0.5, 0.6) is 0 Å². The molecule has 0 bridgehead atoms. The predicted molar refractivity (Wildman–Crippen MR) is 96.5 cm³/mol. The van der Waals surface area contributed by atoms with E-state index < -0.39 is 0 Å². The van der Waals surface area contributed by atoms with E-state index in [-0.39, 0.29) is 22.8 Å². The molecule has 25 heavy (non-hydrogen) atoms. The molecule has 0 saturated carbocycles. The Kier molecular flexibility index (Phi) is 5.10. The number of aromatic nitrogens is 4. The molecule has 2 aromatic heterocycles. The topological polar surface area (TPSA) is 79.0 Å². The van der Waals surface area contributed by atoms with Crippen LogP contribution in [0.25, 0.3) is 16.9 Å². The third kappa shape index (κ3) is 3.54. The highest BCUT2D eigenvalue weighted by Crippen LogP contribution is 2.22. The van der Waals surface area contributed by atoms with Gasteiger partial charge in [0.05, 0.1) is 24.4 Å². The summed E-state index contributed by atoms with van der Waals surface area (Å²) in [5, 5.41) is 0.945. The van der Waals surface area contributed by atoms with E-state index in [1.807, 2.05) is 0 Å². The molecule has 0 spiro atoms. The van der Waals surface area contributed by atoms with Crippen LogP contribution < -0.4 is 5.56 Å². The molecule has 1 aromatic carbocycles. The van der Waals surface area contributed by atoms with Crippen molar-refractivity contribution in [3.05, 3.63) is 46.0 Å². The molecule has 0 aliphatic heterocycles. The van der Waals surface area contributed by atoms with Gasteiger partial charge in [0.25, 0.3) is 5.56 Å². The molecule has 0 atom stereocenters. The number of thioether (sulfide) groups is 1. The fourth-order valence-corrected chi connectivity index (χ4v) is 3.21. The van der Waals surface area contributed by atoms with Crippen molar-refractivity contribution in [3.63, 3.8) is 0 Å². The number of nitrogens with zero attached hydrogens (tertiary/aromatic N) is 4. The Bertz CT molecular complexity index is 981. The number of hydrogen-bond donors (Lipinski definition) is 0. The fraction of sp³-hybridized carbons (Fsp3) is 0.250. The van der Waals surface area contributed by atoms with Crippen LogP contribution in [0, 0.1) is 0 Å². The van der Waals surface area contributed by atoms with Gasteiger partial charge in [-0.3, -0.25) is 14.2 Å². The van der Waals surface area contributed by atoms with E-state index in [0.717, 1.165) is 11.8 Å². The number of carbonyl (C=O) groups excluding carboxylic acids is 1. The molecular formula is C16H15ClN4O3S. The van der Waals surface area contributed by atoms with Gasteiger partial charge in [0.15, 0.2) is 16.3 Å². The van der Waals surface area contributed by atoms with Gasteiger partial charge in [0.1, 0.15) is 0 Å². The van der Waals surface area contributed by atoms with Crippen molar-refractivity contribution in [3.8, 4) is 5.69 Å². The largest absolute Gasteiger partial charge is 0.465 e. The van der Waals surface area contributed by atoms with Gasteiger partial charge < -0.3 is 9.30 Å². The van der Waals surface area contributed by atoms with Gasteiger partial charge in [-0.1, -0.05) is 23.4 Å². The van der Waals surface area contributed by atoms with Crippen LogP contribution >= 0.6 is 23.4 Å². The number of aryl methyl sites for hydroxylation is 1. The summed E-state index contributed by atoms with van der Waals surface area (Å²) in [4.78, 5) is 33.2. The second-order valence-electron chi connectivity index (χ2n) is 5.13. The number of esters is 1. The van der Waals surface area contributed by atoms with Gasteiger partial charge in [0, 0.05) is 12.1 Å². The molecule has 0 amide bonds. The zero-order valence-corrected chi connectivity index (χ0v) is 15.2. The molecule has 2 heterocycles. The number of hydrogen-bond acceptors (Lipinski definition) is 6. The first-order valence-electron chi connectivity index (χ1n) is 7.49. The van der Waals surface area contributed by atoms with Crippen molar-refractivity contribution >= 4 is 40.5 Å². The molecule has 3 aromatic rings. The first-order chi connectivity index (χ1) is 12.0. The SMILES string of the molecule is CCOC(=O)CSc1nc2c(ncn2C)c(=O)n1-c1ccc(Cl)cc1. The standard InChI is InChI=1S/C16H15ClN4O3S/c1-3-24-12(22)8-25-16-19-14-13(18-9-20(14)2)15(23)21(16)11-6-4-10(17)5-7-11/h4-7,9H,3,8H2,1-2H3. The Morgan fingerprint density at radius 2 is 2.04 bits per heavy atom. The third-order valence-corrected chi connectivity index (χ3v) is 4.58. The molecule has 130 valence electrons. The molecular weight excluding hydrogens is 364 g/mol. The predicted octanol–water partition coefficient (Wildman–Crippen LogP) is 2.43. The van der Waals surface area contributed by atoms with Crippen molar-refractivity contribution in [1.82, 2.24) is 19.1 Å². The van der Waals surface area contributed by atoms with Crippen LogP contribution in [0.2, 0.25) is 5.02 Å². The summed E-state index contributed by atoms with van der Waals surface area (Å²) in [6.45, 7) is 2.05. The fourth-order valence-electron chi connectivity index (χ4n) is 2.28. The van der Waals surface area contributed by atoms with Crippen molar-refractivity contribution in [2.45, 2.75) is 12.1 Å². The molecule has 0 saturated heterocycles. The first-order valence-corrected chi connectivity index (χ1v) is 8.86. The molecule has 0 fully saturated rings. The lowest BCUT2D eigenvalue weighted by molar-refractivity contribution is -0.139. The Hall–Kier alpha value is -2.32. The van der Waals surface area contributed by atoms with Crippen molar-refractivity contribution in [2.24, 2.45) is 7.05 Å². The summed E-state index contributed by atoms with van der Waals surface area (Å²) in [5.41, 5.74) is 1.01. The van der Waals surface area contributed by atoms with Crippen LogP contribution in [-0.2, 0) is 16.6 Å². The van der Waals surface area contributed by atoms with Crippen molar-refractivity contribution in [2.75, 3.05) is 12.4 Å². The maximum atomic E-state index is 12.9. The average Bonchev–Trinajstić information content (AvgIpc) is 2.96. The minimum Gasteiger partial charge on any atom is -0.465 e. The smallest absolute Gasteiger partial charge is 0.316 e. The summed E-state index contributed by atoms with van der Waals surface area (Å²) in [7, 11) is 1.76. The number of halogens is 1. The third-order valence-electron chi connectivity index (χ3n) is 3.41. The minimum atomic E-state index is -0.366. The Balaban J connectivity index is 2.13. The van der Waals surface area contributed by atoms with E-state index in [9.17, 15) is 9.59 Å². The van der Waals surface area contributed by atoms with E-state index in [2.05, 4.69) is 9.97 Å². The molecule has 0 N–H and O–H groups in total. The molecule has 0 radical (unpaired) electrons. The van der Waals surface area contributed by atoms with Gasteiger partial charge in [-0.25, -0.2) is 9.97 Å². The Morgan fingerprint density at radius 1 is 1.32 bits per heavy atom. The van der Waals surface area contributed by atoms with Crippen LogP contribution in [0.4, 0.5) is 0 Å². The second kappa shape index (κ2) is 7.28. The number of benzene rings is 1. The van der Waals surface area contributed by atoms with Gasteiger partial charge in [0.2, 0.25) is 0 Å². The van der Waals surface area contributed by atoms with Crippen LogP contribution in [0.15, 0.2) is 40.5 Å². The molecule has 3 rings (SSSR count). The normalized spacial score (nSPS) is 11.0. The lowest BCUT2D eigenvalue weighted by Gasteiger charge is -2.12. The first kappa shape index (κ1) is 17.5. The number of fused-ring (bicyclic) bond motifs is 1. The maximum absolute atomic E-state index is 12.9. The van der Waals surface area contributed by atoms with Crippen LogP contribution in [0.3, 0.4) is 0 Å². The summed E-state index contributed by atoms with van der Waals surface area (Å²) >= 11 is 7.07. The maximum Gasteiger partial charge on any atom is 0.316 e. The molecule has 7 nitrogen and oxygen atoms in total. The monoisotopic (exact) mass is 378 g/mol. The summed E-state index contributed by atoms with van der Waals surface area (Å²) < 4.78 is 8.03. The van der Waals surface area contributed by atoms with Crippen LogP contribution in [-0.4, -0.2) is 37.4 Å². The highest BCUT2D eigenvalue weighted by molar-refractivity contribution is 7.99. The number of carbonyl (C=O) groups is 1. The van der Waals surface area contributed by atoms with Gasteiger partial charge in [-0.2, -0.15) is 0 Å². The summed E-state index contributed by atoms with van der Waals surface area (Å²) in [5.74, 6) is -0.313. The van der Waals surface area contributed by atoms with Gasteiger partial charge >= 0.3 is 5.97 Å². The molecule has 0 aliphatic carbocycles.